The lowest BCUT2D eigenvalue weighted by atomic mass is 10.1. The summed E-state index contributed by atoms with van der Waals surface area (Å²) in [5.41, 5.74) is 2.05. The second-order valence-corrected chi connectivity index (χ2v) is 7.22. The van der Waals surface area contributed by atoms with E-state index in [1.165, 1.54) is 6.20 Å². The van der Waals surface area contributed by atoms with Gasteiger partial charge in [-0.2, -0.15) is 0 Å². The Morgan fingerprint density at radius 2 is 1.93 bits per heavy atom. The molecule has 0 fully saturated rings. The quantitative estimate of drug-likeness (QED) is 0.477. The Morgan fingerprint density at radius 1 is 1.11 bits per heavy atom. The van der Waals surface area contributed by atoms with E-state index in [9.17, 15) is 14.7 Å². The fourth-order valence-corrected chi connectivity index (χ4v) is 3.20. The summed E-state index contributed by atoms with van der Waals surface area (Å²) in [5, 5.41) is 15.6. The summed E-state index contributed by atoms with van der Waals surface area (Å²) in [6.45, 7) is -0.176. The molecule has 0 saturated heterocycles. The van der Waals surface area contributed by atoms with E-state index >= 15 is 0 Å². The van der Waals surface area contributed by atoms with Gasteiger partial charge in [0.2, 0.25) is 5.91 Å². The van der Waals surface area contributed by atoms with Crippen molar-refractivity contribution in [3.63, 3.8) is 0 Å². The third-order valence-electron chi connectivity index (χ3n) is 4.01. The number of fused-ring (bicyclic) bond motifs is 1. The highest BCUT2D eigenvalue weighted by molar-refractivity contribution is 14.1. The Kier molecular flexibility index (Phi) is 6.36. The van der Waals surface area contributed by atoms with Crippen molar-refractivity contribution >= 4 is 45.3 Å². The van der Waals surface area contributed by atoms with Crippen LogP contribution in [0.2, 0.25) is 0 Å². The number of pyridine rings is 1. The molecule has 7 heteroatoms. The molecular formula is C20H18IN3O3. The summed E-state index contributed by atoms with van der Waals surface area (Å²) < 4.78 is 1.06. The van der Waals surface area contributed by atoms with Gasteiger partial charge in [0, 0.05) is 21.7 Å². The summed E-state index contributed by atoms with van der Waals surface area (Å²) in [6.07, 6.45) is 1.45. The molecular weight excluding hydrogens is 457 g/mol. The van der Waals surface area contributed by atoms with Gasteiger partial charge in [-0.05, 0) is 52.4 Å². The van der Waals surface area contributed by atoms with E-state index in [0.717, 1.165) is 20.0 Å². The van der Waals surface area contributed by atoms with Crippen LogP contribution in [-0.2, 0) is 11.3 Å². The van der Waals surface area contributed by atoms with Crippen LogP contribution in [0.4, 0.5) is 0 Å². The number of carbonyl (C=O) groups excluding carboxylic acids is 2. The Labute approximate surface area is 170 Å². The molecule has 3 rings (SSSR count). The number of nitrogens with zero attached hydrogens (tertiary/aromatic N) is 1. The molecule has 0 aliphatic carbocycles. The zero-order valence-electron chi connectivity index (χ0n) is 14.4. The van der Waals surface area contributed by atoms with Crippen LogP contribution in [0.5, 0.6) is 0 Å². The maximum absolute atomic E-state index is 12.4. The van der Waals surface area contributed by atoms with Crippen molar-refractivity contribution in [3.8, 4) is 0 Å². The molecule has 138 valence electrons. The number of benzene rings is 2. The highest BCUT2D eigenvalue weighted by Gasteiger charge is 2.20. The molecule has 1 heterocycles. The van der Waals surface area contributed by atoms with E-state index in [-0.39, 0.29) is 0 Å². The van der Waals surface area contributed by atoms with Crippen LogP contribution < -0.4 is 10.6 Å². The lowest BCUT2D eigenvalue weighted by Gasteiger charge is -2.16. The van der Waals surface area contributed by atoms with Crippen LogP contribution in [-0.4, -0.2) is 34.6 Å². The maximum atomic E-state index is 12.4. The molecule has 1 atom stereocenters. The van der Waals surface area contributed by atoms with Crippen molar-refractivity contribution in [2.24, 2.45) is 0 Å². The first-order chi connectivity index (χ1) is 13.1. The molecule has 0 saturated carbocycles. The van der Waals surface area contributed by atoms with E-state index in [0.29, 0.717) is 12.1 Å². The van der Waals surface area contributed by atoms with Gasteiger partial charge < -0.3 is 15.7 Å². The van der Waals surface area contributed by atoms with Crippen LogP contribution >= 0.6 is 22.6 Å². The molecule has 6 nitrogen and oxygen atoms in total. The van der Waals surface area contributed by atoms with Crippen molar-refractivity contribution in [2.75, 3.05) is 6.61 Å². The number of halogens is 1. The van der Waals surface area contributed by atoms with E-state index < -0.39 is 24.5 Å². The zero-order chi connectivity index (χ0) is 19.2. The van der Waals surface area contributed by atoms with Crippen LogP contribution in [0.3, 0.4) is 0 Å². The van der Waals surface area contributed by atoms with Gasteiger partial charge in [0.05, 0.1) is 17.7 Å². The van der Waals surface area contributed by atoms with Crippen molar-refractivity contribution in [1.82, 2.24) is 15.6 Å². The number of hydrogen-bond acceptors (Lipinski definition) is 4. The summed E-state index contributed by atoms with van der Waals surface area (Å²) in [6, 6.07) is 15.8. The van der Waals surface area contributed by atoms with Gasteiger partial charge in [-0.15, -0.1) is 0 Å². The smallest absolute Gasteiger partial charge is 0.253 e. The molecule has 2 aromatic carbocycles. The average molecular weight is 475 g/mol. The molecule has 0 aliphatic rings. The lowest BCUT2D eigenvalue weighted by Crippen LogP contribution is -2.48. The fraction of sp³-hybridized carbons (Fsp3) is 0.150. The molecule has 0 radical (unpaired) electrons. The lowest BCUT2D eigenvalue weighted by molar-refractivity contribution is -0.124. The Morgan fingerprint density at radius 3 is 2.70 bits per heavy atom. The van der Waals surface area contributed by atoms with Crippen LogP contribution in [0.15, 0.2) is 60.8 Å². The van der Waals surface area contributed by atoms with E-state index in [1.807, 2.05) is 48.5 Å². The molecule has 0 unspecified atom stereocenters. The van der Waals surface area contributed by atoms with Crippen molar-refractivity contribution in [3.05, 3.63) is 75.5 Å². The second kappa shape index (κ2) is 8.92. The number of nitrogens with one attached hydrogen (secondary N) is 2. The molecule has 27 heavy (non-hydrogen) atoms. The molecule has 0 bridgehead atoms. The number of hydrogen-bond donors (Lipinski definition) is 3. The molecule has 1 aromatic heterocycles. The highest BCUT2D eigenvalue weighted by Crippen LogP contribution is 2.13. The van der Waals surface area contributed by atoms with E-state index in [4.69, 9.17) is 0 Å². The summed E-state index contributed by atoms with van der Waals surface area (Å²) in [7, 11) is 0. The van der Waals surface area contributed by atoms with Crippen molar-refractivity contribution in [1.29, 1.82) is 0 Å². The Hall–Kier alpha value is -2.52. The van der Waals surface area contributed by atoms with E-state index in [1.54, 1.807) is 6.07 Å². The second-order valence-electron chi connectivity index (χ2n) is 5.97. The van der Waals surface area contributed by atoms with Crippen molar-refractivity contribution in [2.45, 2.75) is 12.6 Å². The Bertz CT molecular complexity index is 977. The van der Waals surface area contributed by atoms with Gasteiger partial charge in [0.15, 0.2) is 0 Å². The first-order valence-electron chi connectivity index (χ1n) is 8.35. The fourth-order valence-electron chi connectivity index (χ4n) is 2.59. The molecule has 2 amide bonds. The number of carbonyl (C=O) groups is 2. The minimum Gasteiger partial charge on any atom is -0.394 e. The van der Waals surface area contributed by atoms with Crippen LogP contribution in [0.25, 0.3) is 10.9 Å². The van der Waals surface area contributed by atoms with Gasteiger partial charge in [0.1, 0.15) is 6.04 Å². The third-order valence-corrected chi connectivity index (χ3v) is 4.68. The number of aromatic nitrogens is 1. The van der Waals surface area contributed by atoms with Gasteiger partial charge in [-0.3, -0.25) is 14.6 Å². The average Bonchev–Trinajstić information content (AvgIpc) is 2.69. The minimum absolute atomic E-state index is 0.319. The molecule has 3 aromatic rings. The Balaban J connectivity index is 1.64. The maximum Gasteiger partial charge on any atom is 0.253 e. The number of rotatable bonds is 6. The molecule has 3 N–H and O–H groups in total. The number of aliphatic hydroxyl groups excluding tert-OH is 1. The standard InChI is InChI=1S/C20H18IN3O3/c21-16-6-3-4-13(8-16)10-23-20(27)18(12-25)24-19(26)15-9-14-5-1-2-7-17(14)22-11-15/h1-9,11,18,25H,10,12H2,(H,23,27)(H,24,26)/t18-/m0/s1. The highest BCUT2D eigenvalue weighted by atomic mass is 127. The number of amides is 2. The monoisotopic (exact) mass is 475 g/mol. The van der Waals surface area contributed by atoms with Crippen molar-refractivity contribution < 1.29 is 14.7 Å². The largest absolute Gasteiger partial charge is 0.394 e. The topological polar surface area (TPSA) is 91.3 Å². The first-order valence-corrected chi connectivity index (χ1v) is 9.43. The molecule has 0 aliphatic heterocycles. The number of para-hydroxylation sites is 1. The van der Waals surface area contributed by atoms with Gasteiger partial charge in [0.25, 0.3) is 5.91 Å². The minimum atomic E-state index is -1.04. The molecule has 0 spiro atoms. The van der Waals surface area contributed by atoms with E-state index in [2.05, 4.69) is 38.2 Å². The van der Waals surface area contributed by atoms with Crippen LogP contribution in [0.1, 0.15) is 15.9 Å². The number of aliphatic hydroxyl groups is 1. The first kappa shape index (κ1) is 19.2. The van der Waals surface area contributed by atoms with Gasteiger partial charge in [-0.25, -0.2) is 0 Å². The predicted molar refractivity (Wildman–Crippen MR) is 111 cm³/mol. The predicted octanol–water partition coefficient (Wildman–Crippen LogP) is 2.25. The summed E-state index contributed by atoms with van der Waals surface area (Å²) in [5.74, 6) is -0.907. The summed E-state index contributed by atoms with van der Waals surface area (Å²) in [4.78, 5) is 29.0. The SMILES string of the molecule is O=C(N[C@@H](CO)C(=O)NCc1cccc(I)c1)c1cnc2ccccc2c1. The van der Waals surface area contributed by atoms with Crippen LogP contribution in [0, 0.1) is 3.57 Å². The van der Waals surface area contributed by atoms with Gasteiger partial charge >= 0.3 is 0 Å². The third kappa shape index (κ3) is 5.01. The normalized spacial score (nSPS) is 11.8. The summed E-state index contributed by atoms with van der Waals surface area (Å²) >= 11 is 2.20. The zero-order valence-corrected chi connectivity index (χ0v) is 16.5. The van der Waals surface area contributed by atoms with Gasteiger partial charge in [-0.1, -0.05) is 30.3 Å².